The summed E-state index contributed by atoms with van der Waals surface area (Å²) >= 11 is 7.07. The van der Waals surface area contributed by atoms with Gasteiger partial charge in [-0.1, -0.05) is 30.3 Å². The van der Waals surface area contributed by atoms with Crippen LogP contribution in [0, 0.1) is 5.92 Å². The molecule has 1 aliphatic rings. The number of aromatic nitrogens is 2. The number of halogens is 1. The van der Waals surface area contributed by atoms with Crippen molar-refractivity contribution in [3.05, 3.63) is 30.3 Å². The summed E-state index contributed by atoms with van der Waals surface area (Å²) in [6.45, 7) is 0.645. The molecule has 2 heterocycles. The van der Waals surface area contributed by atoms with Crippen molar-refractivity contribution in [3.63, 3.8) is 0 Å². The summed E-state index contributed by atoms with van der Waals surface area (Å²) < 4.78 is 4.32. The number of carbonyl (C=O) groups excluding carboxylic acids is 1. The van der Waals surface area contributed by atoms with E-state index >= 15 is 0 Å². The minimum atomic E-state index is 0.0846. The Labute approximate surface area is 120 Å². The maximum atomic E-state index is 11.9. The Bertz CT molecular complexity index is 587. The fourth-order valence-electron chi connectivity index (χ4n) is 2.10. The van der Waals surface area contributed by atoms with E-state index in [-0.39, 0.29) is 11.8 Å². The van der Waals surface area contributed by atoms with E-state index in [9.17, 15) is 4.79 Å². The van der Waals surface area contributed by atoms with Crippen LogP contribution in [-0.2, 0) is 4.79 Å². The van der Waals surface area contributed by atoms with Crippen LogP contribution in [0.15, 0.2) is 30.3 Å². The molecule has 0 aliphatic carbocycles. The van der Waals surface area contributed by atoms with Gasteiger partial charge in [-0.2, -0.15) is 9.36 Å². The minimum absolute atomic E-state index is 0.0846. The van der Waals surface area contributed by atoms with E-state index in [1.807, 2.05) is 30.3 Å². The van der Waals surface area contributed by atoms with Crippen molar-refractivity contribution in [2.24, 2.45) is 5.92 Å². The normalized spacial score (nSPS) is 19.1. The molecule has 3 rings (SSSR count). The molecule has 98 valence electrons. The predicted octanol–water partition coefficient (Wildman–Crippen LogP) is 2.80. The third-order valence-electron chi connectivity index (χ3n) is 3.10. The van der Waals surface area contributed by atoms with Crippen molar-refractivity contribution in [2.75, 3.05) is 17.3 Å². The smallest absolute Gasteiger partial charge is 0.229 e. The molecule has 19 heavy (non-hydrogen) atoms. The number of benzene rings is 1. The zero-order valence-corrected chi connectivity index (χ0v) is 11.7. The highest BCUT2D eigenvalue weighted by Crippen LogP contribution is 2.29. The van der Waals surface area contributed by atoms with Gasteiger partial charge < -0.3 is 0 Å². The third-order valence-corrected chi connectivity index (χ3v) is 4.28. The van der Waals surface area contributed by atoms with Gasteiger partial charge in [-0.05, 0) is 5.92 Å². The molecule has 6 heteroatoms. The quantitative estimate of drug-likeness (QED) is 0.818. The molecule has 0 bridgehead atoms. The molecule has 1 amide bonds. The van der Waals surface area contributed by atoms with E-state index in [1.54, 1.807) is 4.90 Å². The summed E-state index contributed by atoms with van der Waals surface area (Å²) in [6.07, 6.45) is 0.504. The van der Waals surface area contributed by atoms with Crippen molar-refractivity contribution < 1.29 is 4.79 Å². The molecule has 0 N–H and O–H groups in total. The highest BCUT2D eigenvalue weighted by Gasteiger charge is 2.32. The van der Waals surface area contributed by atoms with Gasteiger partial charge in [0.05, 0.1) is 0 Å². The molecule has 1 aromatic carbocycles. The maximum absolute atomic E-state index is 11.9. The SMILES string of the molecule is O=C1CC(CCl)CN1c1nc(-c2ccccc2)ns1. The molecule has 0 spiro atoms. The third kappa shape index (κ3) is 2.48. The van der Waals surface area contributed by atoms with Gasteiger partial charge in [-0.15, -0.1) is 11.6 Å². The molecule has 2 aromatic rings. The van der Waals surface area contributed by atoms with E-state index in [4.69, 9.17) is 11.6 Å². The van der Waals surface area contributed by atoms with E-state index < -0.39 is 0 Å². The van der Waals surface area contributed by atoms with Crippen LogP contribution in [0.2, 0.25) is 0 Å². The topological polar surface area (TPSA) is 46.1 Å². The second-order valence-electron chi connectivity index (χ2n) is 4.50. The summed E-state index contributed by atoms with van der Waals surface area (Å²) in [5.74, 6) is 1.48. The molecule has 1 saturated heterocycles. The first-order valence-corrected chi connectivity index (χ1v) is 7.34. The number of carbonyl (C=O) groups is 1. The number of amides is 1. The Morgan fingerprint density at radius 3 is 2.84 bits per heavy atom. The highest BCUT2D eigenvalue weighted by molar-refractivity contribution is 7.10. The first kappa shape index (κ1) is 12.6. The van der Waals surface area contributed by atoms with Crippen LogP contribution in [0.1, 0.15) is 6.42 Å². The van der Waals surface area contributed by atoms with Gasteiger partial charge in [0.1, 0.15) is 0 Å². The van der Waals surface area contributed by atoms with E-state index in [1.165, 1.54) is 11.5 Å². The summed E-state index contributed by atoms with van der Waals surface area (Å²) in [6, 6.07) is 9.76. The van der Waals surface area contributed by atoms with Gasteiger partial charge in [0.25, 0.3) is 0 Å². The predicted molar refractivity (Wildman–Crippen MR) is 76.5 cm³/mol. The standard InChI is InChI=1S/C13H12ClN3OS/c14-7-9-6-11(18)17(8-9)13-15-12(16-19-13)10-4-2-1-3-5-10/h1-5,9H,6-8H2. The lowest BCUT2D eigenvalue weighted by molar-refractivity contribution is -0.117. The van der Waals surface area contributed by atoms with Gasteiger partial charge in [-0.25, -0.2) is 0 Å². The van der Waals surface area contributed by atoms with Crippen LogP contribution in [0.5, 0.6) is 0 Å². The van der Waals surface area contributed by atoms with Crippen LogP contribution in [0.3, 0.4) is 0 Å². The van der Waals surface area contributed by atoms with Crippen LogP contribution in [-0.4, -0.2) is 27.7 Å². The summed E-state index contributed by atoms with van der Waals surface area (Å²) in [7, 11) is 0. The van der Waals surface area contributed by atoms with Gasteiger partial charge in [0, 0.05) is 35.9 Å². The Morgan fingerprint density at radius 2 is 2.16 bits per heavy atom. The first-order chi connectivity index (χ1) is 9.28. The number of hydrogen-bond donors (Lipinski definition) is 0. The highest BCUT2D eigenvalue weighted by atomic mass is 35.5. The monoisotopic (exact) mass is 293 g/mol. The lowest BCUT2D eigenvalue weighted by atomic mass is 10.2. The van der Waals surface area contributed by atoms with Crippen LogP contribution < -0.4 is 4.90 Å². The molecule has 1 aliphatic heterocycles. The molecule has 1 aromatic heterocycles. The lowest BCUT2D eigenvalue weighted by Gasteiger charge is -2.10. The second kappa shape index (κ2) is 5.27. The maximum Gasteiger partial charge on any atom is 0.229 e. The van der Waals surface area contributed by atoms with Gasteiger partial charge in [0.2, 0.25) is 11.0 Å². The molecule has 4 nitrogen and oxygen atoms in total. The Balaban J connectivity index is 1.84. The van der Waals surface area contributed by atoms with Crippen molar-refractivity contribution >= 4 is 34.2 Å². The second-order valence-corrected chi connectivity index (χ2v) is 5.53. The lowest BCUT2D eigenvalue weighted by Crippen LogP contribution is -2.24. The number of anilines is 1. The molecular formula is C13H12ClN3OS. The van der Waals surface area contributed by atoms with Crippen molar-refractivity contribution in [1.29, 1.82) is 0 Å². The largest absolute Gasteiger partial charge is 0.287 e. The number of nitrogens with zero attached hydrogens (tertiary/aromatic N) is 3. The fraction of sp³-hybridized carbons (Fsp3) is 0.308. The Morgan fingerprint density at radius 1 is 1.37 bits per heavy atom. The molecule has 1 unspecified atom stereocenters. The summed E-state index contributed by atoms with van der Waals surface area (Å²) in [5.41, 5.74) is 0.963. The van der Waals surface area contributed by atoms with E-state index in [0.29, 0.717) is 29.8 Å². The zero-order chi connectivity index (χ0) is 13.2. The van der Waals surface area contributed by atoms with Crippen molar-refractivity contribution in [3.8, 4) is 11.4 Å². The van der Waals surface area contributed by atoms with Crippen LogP contribution in [0.25, 0.3) is 11.4 Å². The number of alkyl halides is 1. The number of rotatable bonds is 3. The van der Waals surface area contributed by atoms with Crippen LogP contribution in [0.4, 0.5) is 5.13 Å². The number of hydrogen-bond acceptors (Lipinski definition) is 4. The zero-order valence-electron chi connectivity index (χ0n) is 10.1. The molecule has 0 saturated carbocycles. The molecule has 1 atom stereocenters. The Kier molecular flexibility index (Phi) is 3.48. The average molecular weight is 294 g/mol. The summed E-state index contributed by atoms with van der Waals surface area (Å²) in [5, 5.41) is 0.663. The first-order valence-electron chi connectivity index (χ1n) is 6.03. The summed E-state index contributed by atoms with van der Waals surface area (Å²) in [4.78, 5) is 18.0. The Hall–Kier alpha value is -1.46. The van der Waals surface area contributed by atoms with Crippen LogP contribution >= 0.6 is 23.1 Å². The van der Waals surface area contributed by atoms with E-state index in [2.05, 4.69) is 9.36 Å². The van der Waals surface area contributed by atoms with Crippen molar-refractivity contribution in [2.45, 2.75) is 6.42 Å². The average Bonchev–Trinajstić information content (AvgIpc) is 3.06. The molecule has 0 radical (unpaired) electrons. The minimum Gasteiger partial charge on any atom is -0.287 e. The van der Waals surface area contributed by atoms with Gasteiger partial charge in [0.15, 0.2) is 5.82 Å². The fourth-order valence-corrected chi connectivity index (χ4v) is 3.02. The van der Waals surface area contributed by atoms with Crippen molar-refractivity contribution in [1.82, 2.24) is 9.36 Å². The molecular weight excluding hydrogens is 282 g/mol. The van der Waals surface area contributed by atoms with Gasteiger partial charge in [-0.3, -0.25) is 9.69 Å². The van der Waals surface area contributed by atoms with Gasteiger partial charge >= 0.3 is 0 Å². The van der Waals surface area contributed by atoms with E-state index in [0.717, 1.165) is 5.56 Å². The molecule has 1 fully saturated rings.